The fourth-order valence-electron chi connectivity index (χ4n) is 2.04. The van der Waals surface area contributed by atoms with Crippen LogP contribution in [0.2, 0.25) is 0 Å². The number of halogens is 1. The van der Waals surface area contributed by atoms with E-state index in [2.05, 4.69) is 16.8 Å². The van der Waals surface area contributed by atoms with Gasteiger partial charge >= 0.3 is 0 Å². The Balaban J connectivity index is 1.91. The van der Waals surface area contributed by atoms with Crippen LogP contribution < -0.4 is 10.6 Å². The van der Waals surface area contributed by atoms with E-state index in [9.17, 15) is 4.39 Å². The minimum absolute atomic E-state index is 0.0991. The third-order valence-electron chi connectivity index (χ3n) is 3.16. The lowest BCUT2D eigenvalue weighted by Crippen LogP contribution is -2.11. The van der Waals surface area contributed by atoms with Gasteiger partial charge in [0.2, 0.25) is 5.16 Å². The number of benzene rings is 2. The van der Waals surface area contributed by atoms with Gasteiger partial charge in [-0.3, -0.25) is 0 Å². The maximum Gasteiger partial charge on any atom is 0.210 e. The summed E-state index contributed by atoms with van der Waals surface area (Å²) in [5, 5.41) is 8.66. The third kappa shape index (κ3) is 3.41. The first-order valence-electron chi connectivity index (χ1n) is 7.16. The van der Waals surface area contributed by atoms with E-state index in [-0.39, 0.29) is 5.75 Å². The van der Waals surface area contributed by atoms with Gasteiger partial charge in [-0.1, -0.05) is 36.0 Å². The molecular weight excluding hydrogens is 327 g/mol. The second kappa shape index (κ2) is 7.18. The van der Waals surface area contributed by atoms with E-state index in [1.807, 2.05) is 18.2 Å². The van der Waals surface area contributed by atoms with Crippen LogP contribution in [0.5, 0.6) is 11.5 Å². The van der Waals surface area contributed by atoms with Crippen molar-refractivity contribution in [1.82, 2.24) is 14.9 Å². The van der Waals surface area contributed by atoms with Crippen molar-refractivity contribution in [2.24, 2.45) is 0 Å². The largest absolute Gasteiger partial charge is 0.454 e. The van der Waals surface area contributed by atoms with Crippen LogP contribution in [0.3, 0.4) is 0 Å². The monoisotopic (exact) mass is 342 g/mol. The fraction of sp³-hybridized carbons (Fsp3) is 0.0588. The summed E-state index contributed by atoms with van der Waals surface area (Å²) in [5.74, 6) is 7.30. The molecule has 0 saturated heterocycles. The lowest BCUT2D eigenvalue weighted by molar-refractivity contribution is 0.442. The van der Waals surface area contributed by atoms with E-state index < -0.39 is 5.82 Å². The maximum absolute atomic E-state index is 14.0. The Morgan fingerprint density at radius 3 is 2.75 bits per heavy atom. The smallest absolute Gasteiger partial charge is 0.210 e. The molecule has 0 atom stereocenters. The number of hydrogen-bond acceptors (Lipinski definition) is 5. The van der Waals surface area contributed by atoms with Crippen molar-refractivity contribution < 1.29 is 9.13 Å². The molecule has 0 amide bonds. The molecule has 3 rings (SSSR count). The molecule has 2 aromatic carbocycles. The number of aromatic nitrogens is 3. The molecule has 122 valence electrons. The van der Waals surface area contributed by atoms with Gasteiger partial charge in [-0.25, -0.2) is 9.07 Å². The SMILES string of the molecule is C=CCSc1nnc(-c2ccc(F)c(Oc3ccccc3)c2)n1N. The lowest BCUT2D eigenvalue weighted by atomic mass is 10.2. The molecule has 1 aromatic heterocycles. The van der Waals surface area contributed by atoms with E-state index in [4.69, 9.17) is 10.6 Å². The number of nitrogen functional groups attached to an aromatic ring is 1. The van der Waals surface area contributed by atoms with Crippen molar-refractivity contribution >= 4 is 11.8 Å². The highest BCUT2D eigenvalue weighted by molar-refractivity contribution is 7.99. The molecule has 0 aliphatic heterocycles. The maximum atomic E-state index is 14.0. The van der Waals surface area contributed by atoms with Crippen LogP contribution in [0.25, 0.3) is 11.4 Å². The van der Waals surface area contributed by atoms with Crippen molar-refractivity contribution in [2.45, 2.75) is 5.16 Å². The molecule has 7 heteroatoms. The van der Waals surface area contributed by atoms with Crippen LogP contribution in [0.15, 0.2) is 66.3 Å². The van der Waals surface area contributed by atoms with E-state index in [0.29, 0.717) is 28.0 Å². The Hall–Kier alpha value is -2.80. The van der Waals surface area contributed by atoms with Crippen LogP contribution in [-0.2, 0) is 0 Å². The summed E-state index contributed by atoms with van der Waals surface area (Å²) in [6.45, 7) is 3.65. The molecule has 0 radical (unpaired) electrons. The molecule has 0 bridgehead atoms. The molecule has 3 aromatic rings. The number of para-hydroxylation sites is 1. The predicted molar refractivity (Wildman–Crippen MR) is 93.0 cm³/mol. The summed E-state index contributed by atoms with van der Waals surface area (Å²) in [5.41, 5.74) is 0.614. The van der Waals surface area contributed by atoms with Gasteiger partial charge in [-0.2, -0.15) is 0 Å². The molecule has 1 heterocycles. The summed E-state index contributed by atoms with van der Waals surface area (Å²) in [6.07, 6.45) is 1.75. The van der Waals surface area contributed by atoms with Gasteiger partial charge in [-0.05, 0) is 30.3 Å². The van der Waals surface area contributed by atoms with Crippen molar-refractivity contribution in [3.63, 3.8) is 0 Å². The Kier molecular flexibility index (Phi) is 4.81. The first-order valence-corrected chi connectivity index (χ1v) is 8.14. The fourth-order valence-corrected chi connectivity index (χ4v) is 2.63. The molecule has 0 aliphatic rings. The highest BCUT2D eigenvalue weighted by Gasteiger charge is 2.14. The van der Waals surface area contributed by atoms with E-state index in [0.717, 1.165) is 0 Å². The molecule has 0 saturated carbocycles. The molecule has 24 heavy (non-hydrogen) atoms. The number of nitrogens with zero attached hydrogens (tertiary/aromatic N) is 3. The average molecular weight is 342 g/mol. The van der Waals surface area contributed by atoms with E-state index in [1.165, 1.54) is 22.5 Å². The van der Waals surface area contributed by atoms with Crippen molar-refractivity contribution in [1.29, 1.82) is 0 Å². The number of ether oxygens (including phenoxy) is 1. The molecule has 0 aliphatic carbocycles. The van der Waals surface area contributed by atoms with Crippen LogP contribution in [0.4, 0.5) is 4.39 Å². The highest BCUT2D eigenvalue weighted by Crippen LogP contribution is 2.30. The van der Waals surface area contributed by atoms with Crippen molar-refractivity contribution in [2.75, 3.05) is 11.6 Å². The van der Waals surface area contributed by atoms with Crippen LogP contribution in [-0.4, -0.2) is 20.6 Å². The average Bonchev–Trinajstić information content (AvgIpc) is 2.97. The molecule has 5 nitrogen and oxygen atoms in total. The number of nitrogens with two attached hydrogens (primary N) is 1. The molecule has 0 unspecified atom stereocenters. The Labute approximate surface area is 142 Å². The normalized spacial score (nSPS) is 10.5. The summed E-state index contributed by atoms with van der Waals surface area (Å²) < 4.78 is 21.0. The van der Waals surface area contributed by atoms with Gasteiger partial charge < -0.3 is 10.6 Å². The zero-order valence-corrected chi connectivity index (χ0v) is 13.5. The molecule has 0 spiro atoms. The van der Waals surface area contributed by atoms with Gasteiger partial charge in [-0.15, -0.1) is 16.8 Å². The Morgan fingerprint density at radius 1 is 1.21 bits per heavy atom. The van der Waals surface area contributed by atoms with E-state index >= 15 is 0 Å². The number of hydrogen-bond donors (Lipinski definition) is 1. The Morgan fingerprint density at radius 2 is 2.00 bits per heavy atom. The zero-order valence-electron chi connectivity index (χ0n) is 12.7. The standard InChI is InChI=1S/C17H15FN4OS/c1-2-10-24-17-21-20-16(22(17)19)12-8-9-14(18)15(11-12)23-13-6-4-3-5-7-13/h2-9,11H,1,10,19H2. The van der Waals surface area contributed by atoms with Gasteiger partial charge in [0.25, 0.3) is 0 Å². The summed E-state index contributed by atoms with van der Waals surface area (Å²) in [4.78, 5) is 0. The lowest BCUT2D eigenvalue weighted by Gasteiger charge is -2.09. The summed E-state index contributed by atoms with van der Waals surface area (Å²) in [7, 11) is 0. The van der Waals surface area contributed by atoms with Crippen LogP contribution in [0.1, 0.15) is 0 Å². The minimum Gasteiger partial charge on any atom is -0.454 e. The number of rotatable bonds is 6. The first-order chi connectivity index (χ1) is 11.7. The second-order valence-corrected chi connectivity index (χ2v) is 5.82. The Bertz CT molecular complexity index is 851. The molecular formula is C17H15FN4OS. The molecule has 2 N–H and O–H groups in total. The van der Waals surface area contributed by atoms with Crippen molar-refractivity contribution in [3.8, 4) is 22.9 Å². The summed E-state index contributed by atoms with van der Waals surface area (Å²) in [6, 6.07) is 13.5. The second-order valence-electron chi connectivity index (χ2n) is 4.84. The third-order valence-corrected chi connectivity index (χ3v) is 4.09. The van der Waals surface area contributed by atoms with Gasteiger partial charge in [0.1, 0.15) is 5.75 Å². The van der Waals surface area contributed by atoms with Crippen LogP contribution in [0, 0.1) is 5.82 Å². The first kappa shape index (κ1) is 16.1. The van der Waals surface area contributed by atoms with Gasteiger partial charge in [0, 0.05) is 11.3 Å². The van der Waals surface area contributed by atoms with Crippen molar-refractivity contribution in [3.05, 3.63) is 67.0 Å². The molecule has 0 fully saturated rings. The quantitative estimate of drug-likeness (QED) is 0.418. The summed E-state index contributed by atoms with van der Waals surface area (Å²) >= 11 is 1.41. The van der Waals surface area contributed by atoms with E-state index in [1.54, 1.807) is 30.3 Å². The zero-order chi connectivity index (χ0) is 16.9. The van der Waals surface area contributed by atoms with Gasteiger partial charge in [0.05, 0.1) is 0 Å². The number of thioether (sulfide) groups is 1. The topological polar surface area (TPSA) is 66.0 Å². The van der Waals surface area contributed by atoms with Gasteiger partial charge in [0.15, 0.2) is 17.4 Å². The predicted octanol–water partition coefficient (Wildman–Crippen LogP) is 3.87. The van der Waals surface area contributed by atoms with Crippen LogP contribution >= 0.6 is 11.8 Å². The minimum atomic E-state index is -0.466. The highest BCUT2D eigenvalue weighted by atomic mass is 32.2.